The van der Waals surface area contributed by atoms with Gasteiger partial charge in [0, 0.05) is 6.04 Å². The monoisotopic (exact) mass is 237 g/mol. The second kappa shape index (κ2) is 5.73. The van der Waals surface area contributed by atoms with Crippen LogP contribution in [0.1, 0.15) is 72.1 Å². The average Bonchev–Trinajstić information content (AvgIpc) is 3.04. The van der Waals surface area contributed by atoms with Crippen LogP contribution in [0.3, 0.4) is 0 Å². The van der Waals surface area contributed by atoms with Crippen LogP contribution in [0.4, 0.5) is 0 Å². The highest BCUT2D eigenvalue weighted by molar-refractivity contribution is 4.93. The zero-order valence-electron chi connectivity index (χ0n) is 12.1. The SMILES string of the molecule is CCCNC(CCC1CC1)C1CCCC1(C)C. The molecule has 0 amide bonds. The fourth-order valence-electron chi connectivity index (χ4n) is 3.70. The minimum atomic E-state index is 0.578. The van der Waals surface area contributed by atoms with Crippen molar-refractivity contribution in [3.8, 4) is 0 Å². The molecule has 17 heavy (non-hydrogen) atoms. The van der Waals surface area contributed by atoms with E-state index in [0.29, 0.717) is 5.41 Å². The molecule has 2 fully saturated rings. The van der Waals surface area contributed by atoms with Crippen molar-refractivity contribution in [1.82, 2.24) is 5.32 Å². The van der Waals surface area contributed by atoms with E-state index in [2.05, 4.69) is 26.1 Å². The molecule has 0 heterocycles. The molecular weight excluding hydrogens is 206 g/mol. The lowest BCUT2D eigenvalue weighted by Gasteiger charge is -2.35. The second-order valence-corrected chi connectivity index (χ2v) is 7.07. The lowest BCUT2D eigenvalue weighted by Crippen LogP contribution is -2.41. The van der Waals surface area contributed by atoms with E-state index in [1.54, 1.807) is 0 Å². The van der Waals surface area contributed by atoms with E-state index in [1.165, 1.54) is 57.9 Å². The van der Waals surface area contributed by atoms with Gasteiger partial charge in [-0.05, 0) is 55.9 Å². The van der Waals surface area contributed by atoms with Crippen molar-refractivity contribution in [2.75, 3.05) is 6.54 Å². The molecule has 0 radical (unpaired) electrons. The summed E-state index contributed by atoms with van der Waals surface area (Å²) in [5.41, 5.74) is 0.578. The maximum Gasteiger partial charge on any atom is 0.0100 e. The molecule has 2 atom stereocenters. The highest BCUT2D eigenvalue weighted by Gasteiger charge is 2.39. The lowest BCUT2D eigenvalue weighted by molar-refractivity contribution is 0.186. The van der Waals surface area contributed by atoms with E-state index < -0.39 is 0 Å². The first-order valence-electron chi connectivity index (χ1n) is 7.87. The number of nitrogens with one attached hydrogen (secondary N) is 1. The topological polar surface area (TPSA) is 12.0 Å². The molecule has 2 rings (SSSR count). The van der Waals surface area contributed by atoms with Crippen LogP contribution in [0.15, 0.2) is 0 Å². The zero-order chi connectivity index (χ0) is 12.3. The van der Waals surface area contributed by atoms with Crippen molar-refractivity contribution in [3.63, 3.8) is 0 Å². The van der Waals surface area contributed by atoms with Crippen LogP contribution in [0, 0.1) is 17.3 Å². The molecule has 2 saturated carbocycles. The summed E-state index contributed by atoms with van der Waals surface area (Å²) in [6.45, 7) is 8.47. The Bertz CT molecular complexity index is 230. The highest BCUT2D eigenvalue weighted by atomic mass is 14.9. The van der Waals surface area contributed by atoms with Crippen molar-refractivity contribution in [2.45, 2.75) is 78.2 Å². The third-order valence-electron chi connectivity index (χ3n) is 5.07. The minimum Gasteiger partial charge on any atom is -0.314 e. The van der Waals surface area contributed by atoms with Gasteiger partial charge < -0.3 is 5.32 Å². The van der Waals surface area contributed by atoms with Gasteiger partial charge in [-0.3, -0.25) is 0 Å². The predicted octanol–water partition coefficient (Wildman–Crippen LogP) is 4.37. The Hall–Kier alpha value is -0.0400. The predicted molar refractivity (Wildman–Crippen MR) is 75.2 cm³/mol. The van der Waals surface area contributed by atoms with E-state index in [9.17, 15) is 0 Å². The molecule has 0 spiro atoms. The Balaban J connectivity index is 1.87. The van der Waals surface area contributed by atoms with E-state index in [1.807, 2.05) is 0 Å². The van der Waals surface area contributed by atoms with Crippen LogP contribution in [-0.4, -0.2) is 12.6 Å². The summed E-state index contributed by atoms with van der Waals surface area (Å²) in [5.74, 6) is 2.01. The van der Waals surface area contributed by atoms with Gasteiger partial charge in [0.2, 0.25) is 0 Å². The van der Waals surface area contributed by atoms with Gasteiger partial charge in [-0.2, -0.15) is 0 Å². The molecule has 2 aliphatic carbocycles. The normalized spacial score (nSPS) is 29.5. The number of rotatable bonds is 7. The minimum absolute atomic E-state index is 0.578. The average molecular weight is 237 g/mol. The molecule has 0 saturated heterocycles. The van der Waals surface area contributed by atoms with Gasteiger partial charge in [-0.1, -0.05) is 40.0 Å². The van der Waals surface area contributed by atoms with Gasteiger partial charge in [0.1, 0.15) is 0 Å². The first-order valence-corrected chi connectivity index (χ1v) is 7.87. The van der Waals surface area contributed by atoms with Crippen LogP contribution < -0.4 is 5.32 Å². The summed E-state index contributed by atoms with van der Waals surface area (Å²) in [6.07, 6.45) is 11.5. The van der Waals surface area contributed by atoms with Gasteiger partial charge in [0.25, 0.3) is 0 Å². The summed E-state index contributed by atoms with van der Waals surface area (Å²) in [4.78, 5) is 0. The number of hydrogen-bond acceptors (Lipinski definition) is 1. The quantitative estimate of drug-likeness (QED) is 0.693. The summed E-state index contributed by atoms with van der Waals surface area (Å²) < 4.78 is 0. The third-order valence-corrected chi connectivity index (χ3v) is 5.07. The molecule has 1 nitrogen and oxygen atoms in total. The van der Waals surface area contributed by atoms with Crippen LogP contribution in [-0.2, 0) is 0 Å². The smallest absolute Gasteiger partial charge is 0.0100 e. The van der Waals surface area contributed by atoms with Crippen molar-refractivity contribution >= 4 is 0 Å². The van der Waals surface area contributed by atoms with Crippen LogP contribution >= 0.6 is 0 Å². The van der Waals surface area contributed by atoms with E-state index in [4.69, 9.17) is 0 Å². The first kappa shape index (κ1) is 13.4. The van der Waals surface area contributed by atoms with Crippen molar-refractivity contribution in [2.24, 2.45) is 17.3 Å². The van der Waals surface area contributed by atoms with Crippen LogP contribution in [0.25, 0.3) is 0 Å². The molecule has 100 valence electrons. The van der Waals surface area contributed by atoms with Gasteiger partial charge in [0.15, 0.2) is 0 Å². The third kappa shape index (κ3) is 3.71. The maximum atomic E-state index is 3.85. The Morgan fingerprint density at radius 1 is 1.24 bits per heavy atom. The van der Waals surface area contributed by atoms with Crippen LogP contribution in [0.5, 0.6) is 0 Å². The molecule has 2 aliphatic rings. The molecule has 0 aromatic heterocycles. The fourth-order valence-corrected chi connectivity index (χ4v) is 3.70. The van der Waals surface area contributed by atoms with Gasteiger partial charge in [0.05, 0.1) is 0 Å². The summed E-state index contributed by atoms with van der Waals surface area (Å²) in [6, 6.07) is 0.799. The van der Waals surface area contributed by atoms with Gasteiger partial charge >= 0.3 is 0 Å². The standard InChI is InChI=1S/C16H31N/c1-4-12-17-15(10-9-13-7-8-13)14-6-5-11-16(14,2)3/h13-15,17H,4-12H2,1-3H3. The first-order chi connectivity index (χ1) is 8.13. The maximum absolute atomic E-state index is 3.85. The highest BCUT2D eigenvalue weighted by Crippen LogP contribution is 2.46. The number of hydrogen-bond donors (Lipinski definition) is 1. The van der Waals surface area contributed by atoms with E-state index in [-0.39, 0.29) is 0 Å². The summed E-state index contributed by atoms with van der Waals surface area (Å²) in [7, 11) is 0. The molecule has 1 heteroatoms. The van der Waals surface area contributed by atoms with E-state index >= 15 is 0 Å². The summed E-state index contributed by atoms with van der Waals surface area (Å²) in [5, 5.41) is 3.85. The van der Waals surface area contributed by atoms with Crippen molar-refractivity contribution in [1.29, 1.82) is 0 Å². The van der Waals surface area contributed by atoms with Gasteiger partial charge in [-0.15, -0.1) is 0 Å². The van der Waals surface area contributed by atoms with E-state index in [0.717, 1.165) is 17.9 Å². The molecule has 0 aromatic rings. The Kier molecular flexibility index (Phi) is 4.52. The molecular formula is C16H31N. The largest absolute Gasteiger partial charge is 0.314 e. The molecule has 1 N–H and O–H groups in total. The van der Waals surface area contributed by atoms with Crippen molar-refractivity contribution < 1.29 is 0 Å². The molecule has 2 unspecified atom stereocenters. The Morgan fingerprint density at radius 2 is 2.00 bits per heavy atom. The van der Waals surface area contributed by atoms with Crippen molar-refractivity contribution in [3.05, 3.63) is 0 Å². The Labute approximate surface area is 108 Å². The van der Waals surface area contributed by atoms with Gasteiger partial charge in [-0.25, -0.2) is 0 Å². The molecule has 0 aromatic carbocycles. The lowest BCUT2D eigenvalue weighted by atomic mass is 9.76. The van der Waals surface area contributed by atoms with Crippen LogP contribution in [0.2, 0.25) is 0 Å². The summed E-state index contributed by atoms with van der Waals surface area (Å²) >= 11 is 0. The second-order valence-electron chi connectivity index (χ2n) is 7.07. The zero-order valence-corrected chi connectivity index (χ0v) is 12.1. The molecule has 0 bridgehead atoms. The Morgan fingerprint density at radius 3 is 2.53 bits per heavy atom. The molecule has 0 aliphatic heterocycles. The fraction of sp³-hybridized carbons (Fsp3) is 1.00.